The number of rotatable bonds is 7. The van der Waals surface area contributed by atoms with Gasteiger partial charge in [-0.1, -0.05) is 72.4 Å². The third-order valence-corrected chi connectivity index (χ3v) is 7.01. The van der Waals surface area contributed by atoms with Crippen LogP contribution in [0.4, 0.5) is 0 Å². The first kappa shape index (κ1) is 20.0. The predicted molar refractivity (Wildman–Crippen MR) is 110 cm³/mol. The Morgan fingerprint density at radius 2 is 1.58 bits per heavy atom. The van der Waals surface area contributed by atoms with Crippen LogP contribution in [0.5, 0.6) is 0 Å². The zero-order valence-corrected chi connectivity index (χ0v) is 16.5. The van der Waals surface area contributed by atoms with Gasteiger partial charge in [0.15, 0.2) is 0 Å². The number of thioether (sulfide) groups is 1. The number of nitrogens with one attached hydrogen (secondary N) is 2. The fourth-order valence-electron chi connectivity index (χ4n) is 2.17. The number of hydrogen-bond acceptors (Lipinski definition) is 4. The predicted octanol–water partition coefficient (Wildman–Crippen LogP) is 4.73. The smallest absolute Gasteiger partial charge is 0.212 e. The third-order valence-electron chi connectivity index (χ3n) is 3.56. The summed E-state index contributed by atoms with van der Waals surface area (Å²) < 4.78 is 25.3. The number of sulfone groups is 1. The zero-order chi connectivity index (χ0) is 19.2. The SMILES string of the molecule is C=C(SC(C(=N)NCc1ccccc1)=C(C)C)S(=O)(=O)c1ccccc1. The van der Waals surface area contributed by atoms with Crippen LogP contribution in [0, 0.1) is 5.41 Å². The maximum absolute atomic E-state index is 12.7. The second-order valence-electron chi connectivity index (χ2n) is 5.83. The Morgan fingerprint density at radius 1 is 1.04 bits per heavy atom. The summed E-state index contributed by atoms with van der Waals surface area (Å²) in [5.41, 5.74) is 1.90. The Morgan fingerprint density at radius 3 is 2.12 bits per heavy atom. The van der Waals surface area contributed by atoms with Crippen molar-refractivity contribution in [2.75, 3.05) is 0 Å². The minimum Gasteiger partial charge on any atom is -0.366 e. The van der Waals surface area contributed by atoms with Crippen LogP contribution in [0.1, 0.15) is 19.4 Å². The molecule has 0 bridgehead atoms. The lowest BCUT2D eigenvalue weighted by atomic mass is 10.2. The molecule has 4 nitrogen and oxygen atoms in total. The van der Waals surface area contributed by atoms with Crippen molar-refractivity contribution in [2.24, 2.45) is 0 Å². The van der Waals surface area contributed by atoms with Crippen molar-refractivity contribution in [3.05, 3.63) is 87.5 Å². The largest absolute Gasteiger partial charge is 0.366 e. The Bertz CT molecular complexity index is 915. The van der Waals surface area contributed by atoms with E-state index in [9.17, 15) is 8.42 Å². The Hall–Kier alpha value is -2.31. The molecule has 26 heavy (non-hydrogen) atoms. The minimum absolute atomic E-state index is 0.00570. The van der Waals surface area contributed by atoms with E-state index >= 15 is 0 Å². The van der Waals surface area contributed by atoms with Gasteiger partial charge in [0.2, 0.25) is 9.84 Å². The lowest BCUT2D eigenvalue weighted by molar-refractivity contribution is 0.604. The highest BCUT2D eigenvalue weighted by molar-refractivity contribution is 8.21. The molecule has 0 saturated carbocycles. The van der Waals surface area contributed by atoms with Gasteiger partial charge in [-0.15, -0.1) is 0 Å². The molecule has 0 aliphatic rings. The standard InChI is InChI=1S/C20H22N2O2S2/c1-15(2)19(20(21)22-14-17-10-6-4-7-11-17)25-16(3)26(23,24)18-12-8-5-9-13-18/h4-13H,3,14H2,1-2H3,(H2,21,22). The van der Waals surface area contributed by atoms with Gasteiger partial charge in [0.05, 0.1) is 9.80 Å². The highest BCUT2D eigenvalue weighted by Crippen LogP contribution is 2.34. The molecule has 0 spiro atoms. The van der Waals surface area contributed by atoms with Gasteiger partial charge in [-0.3, -0.25) is 5.41 Å². The van der Waals surface area contributed by atoms with Gasteiger partial charge in [0, 0.05) is 6.54 Å². The Balaban J connectivity index is 2.12. The van der Waals surface area contributed by atoms with Gasteiger partial charge in [-0.25, -0.2) is 8.42 Å². The van der Waals surface area contributed by atoms with Gasteiger partial charge in [0.25, 0.3) is 0 Å². The lowest BCUT2D eigenvalue weighted by Crippen LogP contribution is -2.23. The quantitative estimate of drug-likeness (QED) is 0.533. The summed E-state index contributed by atoms with van der Waals surface area (Å²) in [6.07, 6.45) is 0. The van der Waals surface area contributed by atoms with Crippen molar-refractivity contribution in [1.29, 1.82) is 5.41 Å². The first-order valence-electron chi connectivity index (χ1n) is 8.03. The first-order valence-corrected chi connectivity index (χ1v) is 10.3. The summed E-state index contributed by atoms with van der Waals surface area (Å²) >= 11 is 1.01. The van der Waals surface area contributed by atoms with E-state index in [4.69, 9.17) is 5.41 Å². The van der Waals surface area contributed by atoms with Crippen LogP contribution in [0.25, 0.3) is 0 Å². The van der Waals surface area contributed by atoms with E-state index in [1.165, 1.54) is 0 Å². The van der Waals surface area contributed by atoms with Crippen LogP contribution in [0.2, 0.25) is 0 Å². The second-order valence-corrected chi connectivity index (χ2v) is 9.17. The normalized spacial score (nSPS) is 10.8. The summed E-state index contributed by atoms with van der Waals surface area (Å²) in [6, 6.07) is 17.9. The summed E-state index contributed by atoms with van der Waals surface area (Å²) in [4.78, 5) is 0.764. The van der Waals surface area contributed by atoms with Crippen molar-refractivity contribution >= 4 is 27.4 Å². The highest BCUT2D eigenvalue weighted by Gasteiger charge is 2.22. The average molecular weight is 387 g/mol. The summed E-state index contributed by atoms with van der Waals surface area (Å²) in [5, 5.41) is 11.3. The molecule has 136 valence electrons. The lowest BCUT2D eigenvalue weighted by Gasteiger charge is -2.15. The number of benzene rings is 2. The fourth-order valence-corrected chi connectivity index (χ4v) is 4.53. The highest BCUT2D eigenvalue weighted by atomic mass is 32.3. The molecular weight excluding hydrogens is 364 g/mol. The van der Waals surface area contributed by atoms with Gasteiger partial charge < -0.3 is 5.32 Å². The second kappa shape index (κ2) is 8.87. The van der Waals surface area contributed by atoms with Crippen molar-refractivity contribution < 1.29 is 8.42 Å². The van der Waals surface area contributed by atoms with Crippen molar-refractivity contribution in [2.45, 2.75) is 25.3 Å². The monoisotopic (exact) mass is 386 g/mol. The van der Waals surface area contributed by atoms with Crippen molar-refractivity contribution in [1.82, 2.24) is 5.32 Å². The minimum atomic E-state index is -3.66. The molecule has 2 aromatic carbocycles. The van der Waals surface area contributed by atoms with E-state index in [1.807, 2.05) is 44.2 Å². The number of amidine groups is 1. The molecule has 0 amide bonds. The van der Waals surface area contributed by atoms with E-state index in [0.717, 1.165) is 22.9 Å². The fraction of sp³-hybridized carbons (Fsp3) is 0.150. The molecule has 0 saturated heterocycles. The van der Waals surface area contributed by atoms with E-state index in [-0.39, 0.29) is 15.0 Å². The molecule has 0 aromatic heterocycles. The van der Waals surface area contributed by atoms with Crippen LogP contribution >= 0.6 is 11.8 Å². The Labute approximate surface area is 159 Å². The molecule has 2 N–H and O–H groups in total. The molecular formula is C20H22N2O2S2. The molecule has 0 heterocycles. The number of allylic oxidation sites excluding steroid dienone is 1. The van der Waals surface area contributed by atoms with E-state index in [2.05, 4.69) is 11.9 Å². The molecule has 0 aliphatic heterocycles. The summed E-state index contributed by atoms with van der Waals surface area (Å²) in [6.45, 7) is 7.94. The Kier molecular flexibility index (Phi) is 6.83. The zero-order valence-electron chi connectivity index (χ0n) is 14.8. The molecule has 0 unspecified atom stereocenters. The number of hydrogen-bond donors (Lipinski definition) is 2. The van der Waals surface area contributed by atoms with Crippen LogP contribution in [-0.2, 0) is 16.4 Å². The molecule has 6 heteroatoms. The van der Waals surface area contributed by atoms with Crippen LogP contribution in [0.15, 0.2) is 86.9 Å². The molecule has 0 fully saturated rings. The molecule has 2 aromatic rings. The maximum Gasteiger partial charge on any atom is 0.212 e. The summed E-state index contributed by atoms with van der Waals surface area (Å²) in [7, 11) is -3.66. The van der Waals surface area contributed by atoms with E-state index in [0.29, 0.717) is 11.4 Å². The molecule has 0 radical (unpaired) electrons. The van der Waals surface area contributed by atoms with Gasteiger partial charge in [-0.2, -0.15) is 0 Å². The van der Waals surface area contributed by atoms with Gasteiger partial charge in [0.1, 0.15) is 10.1 Å². The van der Waals surface area contributed by atoms with Crippen molar-refractivity contribution in [3.8, 4) is 0 Å². The van der Waals surface area contributed by atoms with Crippen LogP contribution < -0.4 is 5.32 Å². The van der Waals surface area contributed by atoms with Gasteiger partial charge >= 0.3 is 0 Å². The molecule has 2 rings (SSSR count). The van der Waals surface area contributed by atoms with Crippen LogP contribution in [-0.4, -0.2) is 14.3 Å². The summed E-state index contributed by atoms with van der Waals surface area (Å²) in [5.74, 6) is 0.184. The van der Waals surface area contributed by atoms with Crippen LogP contribution in [0.3, 0.4) is 0 Å². The van der Waals surface area contributed by atoms with E-state index in [1.54, 1.807) is 30.3 Å². The molecule has 0 atom stereocenters. The maximum atomic E-state index is 12.7. The first-order chi connectivity index (χ1) is 12.3. The van der Waals surface area contributed by atoms with Crippen molar-refractivity contribution in [3.63, 3.8) is 0 Å². The average Bonchev–Trinajstić information content (AvgIpc) is 2.65. The van der Waals surface area contributed by atoms with E-state index < -0.39 is 9.84 Å². The van der Waals surface area contributed by atoms with Gasteiger partial charge in [-0.05, 0) is 31.5 Å². The topological polar surface area (TPSA) is 70.0 Å². The molecule has 0 aliphatic carbocycles. The third kappa shape index (κ3) is 5.09.